The summed E-state index contributed by atoms with van der Waals surface area (Å²) in [6, 6.07) is 15.7. The minimum absolute atomic E-state index is 0.691. The van der Waals surface area contributed by atoms with Crippen molar-refractivity contribution in [1.29, 1.82) is 0 Å². The number of halogens is 2. The van der Waals surface area contributed by atoms with Crippen LogP contribution in [0.3, 0.4) is 0 Å². The van der Waals surface area contributed by atoms with Crippen LogP contribution in [0.5, 0.6) is 0 Å². The molecule has 0 saturated carbocycles. The van der Waals surface area contributed by atoms with E-state index >= 15 is 0 Å². The van der Waals surface area contributed by atoms with Crippen LogP contribution in [0.25, 0.3) is 5.69 Å². The molecule has 0 saturated heterocycles. The average molecular weight is 344 g/mol. The minimum atomic E-state index is 0.691. The largest absolute Gasteiger partial charge is 0.369 e. The molecule has 0 aliphatic carbocycles. The van der Waals surface area contributed by atoms with Gasteiger partial charge in [-0.3, -0.25) is 0 Å². The van der Waals surface area contributed by atoms with Crippen molar-refractivity contribution in [3.8, 4) is 5.69 Å². The van der Waals surface area contributed by atoms with Crippen LogP contribution in [0.1, 0.15) is 16.8 Å². The maximum atomic E-state index is 6.35. The van der Waals surface area contributed by atoms with Gasteiger partial charge in [-0.2, -0.15) is 5.10 Å². The summed E-state index contributed by atoms with van der Waals surface area (Å²) >= 11 is 12.6. The Balaban J connectivity index is 1.80. The lowest BCUT2D eigenvalue weighted by atomic mass is 10.1. The number of hydrogen-bond acceptors (Lipinski definition) is 2. The Hall–Kier alpha value is -1.97. The number of fused-ring (bicyclic) bond motifs is 1. The molecule has 0 spiro atoms. The van der Waals surface area contributed by atoms with Gasteiger partial charge in [0.2, 0.25) is 0 Å². The summed E-state index contributed by atoms with van der Waals surface area (Å²) in [5.74, 6) is 1.04. The van der Waals surface area contributed by atoms with Crippen molar-refractivity contribution in [3.05, 3.63) is 75.4 Å². The van der Waals surface area contributed by atoms with Gasteiger partial charge in [0, 0.05) is 23.6 Å². The van der Waals surface area contributed by atoms with Crippen molar-refractivity contribution in [3.63, 3.8) is 0 Å². The molecule has 0 radical (unpaired) electrons. The van der Waals surface area contributed by atoms with Crippen molar-refractivity contribution in [2.24, 2.45) is 0 Å². The van der Waals surface area contributed by atoms with Crippen LogP contribution in [0.2, 0.25) is 10.0 Å². The van der Waals surface area contributed by atoms with Gasteiger partial charge < -0.3 is 5.32 Å². The Morgan fingerprint density at radius 2 is 1.74 bits per heavy atom. The summed E-state index contributed by atoms with van der Waals surface area (Å²) in [5.41, 5.74) is 4.29. The summed E-state index contributed by atoms with van der Waals surface area (Å²) in [5, 5.41) is 9.70. The standard InChI is InChI=1S/C18H15Cl2N3/c19-14-6-2-1-5-12(14)11-16-13-9-10-21-18(13)23(22-16)17-8-4-3-7-15(17)20/h1-8,21H,9-11H2. The second-order valence-electron chi connectivity index (χ2n) is 5.58. The molecule has 1 N–H and O–H groups in total. The summed E-state index contributed by atoms with van der Waals surface area (Å²) in [6.45, 7) is 0.924. The zero-order valence-electron chi connectivity index (χ0n) is 12.4. The highest BCUT2D eigenvalue weighted by atomic mass is 35.5. The lowest BCUT2D eigenvalue weighted by molar-refractivity contribution is 0.840. The summed E-state index contributed by atoms with van der Waals surface area (Å²) in [7, 11) is 0. The molecule has 3 aromatic rings. The smallest absolute Gasteiger partial charge is 0.133 e. The van der Waals surface area contributed by atoms with Crippen molar-refractivity contribution >= 4 is 29.0 Å². The first-order valence-electron chi connectivity index (χ1n) is 7.57. The van der Waals surface area contributed by atoms with Crippen molar-refractivity contribution in [2.75, 3.05) is 11.9 Å². The molecule has 116 valence electrons. The van der Waals surface area contributed by atoms with E-state index in [0.29, 0.717) is 5.02 Å². The Morgan fingerprint density at radius 1 is 1.00 bits per heavy atom. The van der Waals surface area contributed by atoms with E-state index in [0.717, 1.165) is 47.2 Å². The highest BCUT2D eigenvalue weighted by Crippen LogP contribution is 2.33. The molecule has 2 aromatic carbocycles. The van der Waals surface area contributed by atoms with Crippen LogP contribution in [-0.2, 0) is 12.8 Å². The van der Waals surface area contributed by atoms with Crippen LogP contribution < -0.4 is 5.32 Å². The molecule has 23 heavy (non-hydrogen) atoms. The maximum absolute atomic E-state index is 6.35. The third-order valence-corrected chi connectivity index (χ3v) is 4.82. The van der Waals surface area contributed by atoms with Gasteiger partial charge >= 0.3 is 0 Å². The third-order valence-electron chi connectivity index (χ3n) is 4.13. The van der Waals surface area contributed by atoms with E-state index in [4.69, 9.17) is 28.3 Å². The van der Waals surface area contributed by atoms with Crippen LogP contribution in [0.4, 0.5) is 5.82 Å². The number of aromatic nitrogens is 2. The van der Waals surface area contributed by atoms with E-state index in [1.54, 1.807) is 0 Å². The Labute approximate surface area is 144 Å². The molecule has 0 bridgehead atoms. The zero-order chi connectivity index (χ0) is 15.8. The molecule has 3 nitrogen and oxygen atoms in total. The fraction of sp³-hybridized carbons (Fsp3) is 0.167. The Kier molecular flexibility index (Phi) is 3.76. The van der Waals surface area contributed by atoms with Crippen LogP contribution in [0.15, 0.2) is 48.5 Å². The van der Waals surface area contributed by atoms with Gasteiger partial charge in [-0.1, -0.05) is 53.5 Å². The molecule has 5 heteroatoms. The maximum Gasteiger partial charge on any atom is 0.133 e. The number of para-hydroxylation sites is 1. The number of anilines is 1. The highest BCUT2D eigenvalue weighted by molar-refractivity contribution is 6.32. The molecule has 1 aliphatic heterocycles. The number of benzene rings is 2. The van der Waals surface area contributed by atoms with Crippen molar-refractivity contribution in [1.82, 2.24) is 9.78 Å². The number of rotatable bonds is 3. The monoisotopic (exact) mass is 343 g/mol. The topological polar surface area (TPSA) is 29.9 Å². The van der Waals surface area contributed by atoms with Gasteiger partial charge in [0.1, 0.15) is 5.82 Å². The fourth-order valence-corrected chi connectivity index (χ4v) is 3.43. The molecular weight excluding hydrogens is 329 g/mol. The Morgan fingerprint density at radius 3 is 2.52 bits per heavy atom. The van der Waals surface area contributed by atoms with E-state index in [9.17, 15) is 0 Å². The third kappa shape index (κ3) is 2.60. The van der Waals surface area contributed by atoms with Gasteiger partial charge in [-0.05, 0) is 30.2 Å². The fourth-order valence-electron chi connectivity index (χ4n) is 3.01. The van der Waals surface area contributed by atoms with Crippen LogP contribution >= 0.6 is 23.2 Å². The SMILES string of the molecule is Clc1ccccc1Cc1nn(-c2ccccc2Cl)c2c1CCN2. The minimum Gasteiger partial charge on any atom is -0.369 e. The Bertz CT molecular complexity index is 870. The first-order valence-corrected chi connectivity index (χ1v) is 8.32. The molecule has 2 heterocycles. The first-order chi connectivity index (χ1) is 11.2. The summed E-state index contributed by atoms with van der Waals surface area (Å²) < 4.78 is 1.91. The predicted molar refractivity (Wildman–Crippen MR) is 95.0 cm³/mol. The lowest BCUT2D eigenvalue weighted by Gasteiger charge is -2.08. The average Bonchev–Trinajstić information content (AvgIpc) is 3.14. The second kappa shape index (κ2) is 5.91. The molecule has 0 atom stereocenters. The lowest BCUT2D eigenvalue weighted by Crippen LogP contribution is -2.05. The zero-order valence-corrected chi connectivity index (χ0v) is 13.9. The van der Waals surface area contributed by atoms with Crippen LogP contribution in [-0.4, -0.2) is 16.3 Å². The van der Waals surface area contributed by atoms with Gasteiger partial charge in [0.05, 0.1) is 16.4 Å². The van der Waals surface area contributed by atoms with Gasteiger partial charge in [0.25, 0.3) is 0 Å². The molecule has 0 unspecified atom stereocenters. The number of nitrogens with one attached hydrogen (secondary N) is 1. The van der Waals surface area contributed by atoms with E-state index < -0.39 is 0 Å². The molecule has 1 aromatic heterocycles. The molecule has 4 rings (SSSR count). The molecule has 0 fully saturated rings. The summed E-state index contributed by atoms with van der Waals surface area (Å²) in [4.78, 5) is 0. The predicted octanol–water partition coefficient (Wildman–Crippen LogP) is 4.74. The quantitative estimate of drug-likeness (QED) is 0.744. The molecular formula is C18H15Cl2N3. The van der Waals surface area contributed by atoms with E-state index in [2.05, 4.69) is 5.32 Å². The molecule has 1 aliphatic rings. The van der Waals surface area contributed by atoms with Gasteiger partial charge in [-0.15, -0.1) is 0 Å². The van der Waals surface area contributed by atoms with Crippen LogP contribution in [0, 0.1) is 0 Å². The van der Waals surface area contributed by atoms with Gasteiger partial charge in [0.15, 0.2) is 0 Å². The number of nitrogens with zero attached hydrogens (tertiary/aromatic N) is 2. The molecule has 0 amide bonds. The summed E-state index contributed by atoms with van der Waals surface area (Å²) in [6.07, 6.45) is 1.70. The number of hydrogen-bond donors (Lipinski definition) is 1. The van der Waals surface area contributed by atoms with E-state index in [-0.39, 0.29) is 0 Å². The normalized spacial score (nSPS) is 13.0. The first kappa shape index (κ1) is 14.6. The second-order valence-corrected chi connectivity index (χ2v) is 6.40. The highest BCUT2D eigenvalue weighted by Gasteiger charge is 2.24. The van der Waals surface area contributed by atoms with Gasteiger partial charge in [-0.25, -0.2) is 4.68 Å². The van der Waals surface area contributed by atoms with Crippen molar-refractivity contribution < 1.29 is 0 Å². The van der Waals surface area contributed by atoms with E-state index in [1.807, 2.05) is 53.2 Å². The van der Waals surface area contributed by atoms with E-state index in [1.165, 1.54) is 5.56 Å². The van der Waals surface area contributed by atoms with Crippen molar-refractivity contribution in [2.45, 2.75) is 12.8 Å².